The summed E-state index contributed by atoms with van der Waals surface area (Å²) in [6.07, 6.45) is 0. The first kappa shape index (κ1) is 29.9. The van der Waals surface area contributed by atoms with E-state index in [9.17, 15) is 36.0 Å². The van der Waals surface area contributed by atoms with Crippen LogP contribution < -0.4 is 33.5 Å². The Morgan fingerprint density at radius 1 is 0.565 bits per heavy atom. The number of rotatable bonds is 4. The van der Waals surface area contributed by atoms with Gasteiger partial charge >= 0.3 is 20.2 Å². The molecule has 4 N–H and O–H groups in total. The summed E-state index contributed by atoms with van der Waals surface area (Å²) < 4.78 is 61.2. The lowest BCUT2D eigenvalue weighted by Crippen LogP contribution is -2.21. The molecule has 7 rings (SSSR count). The van der Waals surface area contributed by atoms with Gasteiger partial charge in [-0.05, 0) is 12.5 Å². The maximum Gasteiger partial charge on any atom is 0.315 e. The Morgan fingerprint density at radius 2 is 0.913 bits per heavy atom. The van der Waals surface area contributed by atoms with Gasteiger partial charge in [-0.15, -0.1) is 0 Å². The molecule has 1 aromatic heterocycles. The van der Waals surface area contributed by atoms with Crippen molar-refractivity contribution in [2.45, 2.75) is 16.7 Å². The number of nitrogens with zero attached hydrogens (tertiary/aromatic N) is 2. The summed E-state index contributed by atoms with van der Waals surface area (Å²) in [4.78, 5) is 62.6. The number of halogens is 1. The highest BCUT2D eigenvalue weighted by Gasteiger charge is 2.33. The molecule has 6 aromatic carbocycles. The van der Waals surface area contributed by atoms with Gasteiger partial charge in [-0.3, -0.25) is 19.2 Å². The summed E-state index contributed by atoms with van der Waals surface area (Å²) in [6.45, 7) is 1.24. The summed E-state index contributed by atoms with van der Waals surface area (Å²) in [7, 11) is -9.92. The molecule has 0 atom stereocenters. The minimum atomic E-state index is -5.01. The smallest absolute Gasteiger partial charge is 0.289 e. The number of aryl methyl sites for hydroxylation is 1. The minimum Gasteiger partial charge on any atom is -0.289 e. The molecule has 0 amide bonds. The van der Waals surface area contributed by atoms with Crippen LogP contribution >= 0.6 is 11.6 Å². The van der Waals surface area contributed by atoms with Crippen molar-refractivity contribution in [1.82, 2.24) is 9.97 Å². The molecule has 0 radical (unpaired) electrons. The van der Waals surface area contributed by atoms with Gasteiger partial charge in [0.1, 0.15) is 26.3 Å². The first-order valence-corrected chi connectivity index (χ1v) is 16.1. The van der Waals surface area contributed by atoms with Crippen LogP contribution in [-0.4, -0.2) is 26.8 Å². The lowest BCUT2D eigenvalue weighted by Gasteiger charge is -2.16. The molecule has 0 spiro atoms. The molecule has 0 aliphatic carbocycles. The van der Waals surface area contributed by atoms with E-state index in [0.29, 0.717) is 0 Å². The van der Waals surface area contributed by atoms with E-state index in [4.69, 9.17) is 23.4 Å². The van der Waals surface area contributed by atoms with Crippen LogP contribution in [-0.2, 0) is 28.8 Å². The van der Waals surface area contributed by atoms with E-state index in [1.54, 1.807) is 0 Å². The number of aromatic nitrogens is 2. The normalized spacial score (nSPS) is 12.8. The Labute approximate surface area is 260 Å². The fourth-order valence-corrected chi connectivity index (χ4v) is 8.37. The highest BCUT2D eigenvalue weighted by molar-refractivity contribution is 7.87. The first-order valence-electron chi connectivity index (χ1n) is 12.9. The third-order valence-corrected chi connectivity index (χ3v) is 10.8. The van der Waals surface area contributed by atoms with Crippen molar-refractivity contribution in [2.75, 3.05) is 0 Å². The van der Waals surface area contributed by atoms with Crippen molar-refractivity contribution in [3.63, 3.8) is 0 Å². The zero-order valence-corrected chi connectivity index (χ0v) is 25.3. The van der Waals surface area contributed by atoms with Gasteiger partial charge in [0.25, 0.3) is 0 Å². The first-order chi connectivity index (χ1) is 21.8. The fourth-order valence-electron chi connectivity index (χ4n) is 5.99. The lowest BCUT2D eigenvalue weighted by molar-refractivity contribution is 0.332. The Bertz CT molecular complexity index is 2830. The number of fused-ring (bicyclic) bond motifs is 8. The van der Waals surface area contributed by atoms with Gasteiger partial charge in [-0.25, -0.2) is 9.97 Å². The standard InChI is InChI=1S/C29H15ClN4O10S2/c1-10-20-21(15-17(28(10)45(39,40)43-31)26(37)13-8-4-2-6-11(13)24(15)35)34-23-19(30)29(46(41,42)44-32)18-16(22(23)33-20)25(36)12-7-3-5-9-14(12)27(18)38/h2-9H,31-32H2,1H3. The van der Waals surface area contributed by atoms with Crippen LogP contribution in [0.2, 0.25) is 5.02 Å². The lowest BCUT2D eigenvalue weighted by atomic mass is 9.97. The van der Waals surface area contributed by atoms with Crippen molar-refractivity contribution < 1.29 is 25.4 Å². The number of benzene rings is 6. The Hall–Kier alpha value is -4.81. The van der Waals surface area contributed by atoms with Gasteiger partial charge in [0.2, 0.25) is 0 Å². The van der Waals surface area contributed by atoms with E-state index in [1.807, 2.05) is 0 Å². The molecule has 0 unspecified atom stereocenters. The predicted molar refractivity (Wildman–Crippen MR) is 169 cm³/mol. The van der Waals surface area contributed by atoms with Gasteiger partial charge in [0.15, 0.2) is 21.7 Å². The molecule has 1 heterocycles. The Balaban J connectivity index is 1.90. The van der Waals surface area contributed by atoms with Gasteiger partial charge < -0.3 is 0 Å². The molecule has 0 aliphatic rings. The molecule has 14 nitrogen and oxygen atoms in total. The van der Waals surface area contributed by atoms with Crippen LogP contribution in [0.1, 0.15) is 5.56 Å². The molecule has 0 saturated heterocycles. The largest absolute Gasteiger partial charge is 0.315 e. The van der Waals surface area contributed by atoms with E-state index >= 15 is 0 Å². The third kappa shape index (κ3) is 3.77. The minimum absolute atomic E-state index is 0.0854. The molecule has 230 valence electrons. The molecule has 7 aromatic rings. The molecule has 0 saturated carbocycles. The second kappa shape index (κ2) is 9.84. The number of hydrogen-bond acceptors (Lipinski definition) is 14. The summed E-state index contributed by atoms with van der Waals surface area (Å²) in [5.74, 6) is 10.2. The maximum atomic E-state index is 14.0. The third-order valence-electron chi connectivity index (χ3n) is 7.92. The predicted octanol–water partition coefficient (Wildman–Crippen LogP) is 1.83. The summed E-state index contributed by atoms with van der Waals surface area (Å²) in [5, 5.41) is -3.54. The highest BCUT2D eigenvalue weighted by Crippen LogP contribution is 2.39. The van der Waals surface area contributed by atoms with Gasteiger partial charge in [-0.2, -0.15) is 37.2 Å². The number of nitrogens with two attached hydrogens (primary N) is 2. The fraction of sp³-hybridized carbons (Fsp3) is 0.0345. The Kier molecular flexibility index (Phi) is 6.39. The van der Waals surface area contributed by atoms with Crippen molar-refractivity contribution in [3.8, 4) is 0 Å². The monoisotopic (exact) mass is 678 g/mol. The van der Waals surface area contributed by atoms with E-state index < -0.39 is 89.3 Å². The maximum absolute atomic E-state index is 14.0. The van der Waals surface area contributed by atoms with Gasteiger partial charge in [-0.1, -0.05) is 60.1 Å². The van der Waals surface area contributed by atoms with Crippen molar-refractivity contribution in [2.24, 2.45) is 11.8 Å². The second-order valence-corrected chi connectivity index (χ2v) is 13.6. The van der Waals surface area contributed by atoms with E-state index in [1.165, 1.54) is 55.5 Å². The van der Waals surface area contributed by atoms with E-state index in [0.717, 1.165) is 0 Å². The molecule has 0 fully saturated rings. The van der Waals surface area contributed by atoms with Crippen molar-refractivity contribution in [3.05, 3.63) is 100 Å². The van der Waals surface area contributed by atoms with Gasteiger partial charge in [0.05, 0.1) is 32.1 Å². The van der Waals surface area contributed by atoms with Crippen LogP contribution in [0, 0.1) is 6.92 Å². The van der Waals surface area contributed by atoms with Crippen LogP contribution in [0.3, 0.4) is 0 Å². The highest BCUT2D eigenvalue weighted by atomic mass is 35.5. The SMILES string of the molecule is Cc1c(S(=O)(=O)ON)c2c(=O)c3ccccc3c(=O)c2c2nc3c(Cl)c(S(=O)(=O)ON)c4c(=O)c5ccccc5c(=O)c4c3nc12. The average molecular weight is 679 g/mol. The van der Waals surface area contributed by atoms with Crippen LogP contribution in [0.25, 0.3) is 65.2 Å². The number of hydrogen-bond donors (Lipinski definition) is 2. The van der Waals surface area contributed by atoms with E-state index in [-0.39, 0.29) is 38.1 Å². The van der Waals surface area contributed by atoms with Crippen molar-refractivity contribution >= 4 is 97.0 Å². The van der Waals surface area contributed by atoms with Crippen LogP contribution in [0.4, 0.5) is 0 Å². The summed E-state index contributed by atoms with van der Waals surface area (Å²) >= 11 is 6.61. The van der Waals surface area contributed by atoms with Gasteiger partial charge in [0, 0.05) is 21.5 Å². The topological polar surface area (TPSA) is 233 Å². The zero-order chi connectivity index (χ0) is 33.0. The molecule has 17 heteroatoms. The quantitative estimate of drug-likeness (QED) is 0.154. The summed E-state index contributed by atoms with van der Waals surface area (Å²) in [5.41, 5.74) is -5.30. The molecule has 46 heavy (non-hydrogen) atoms. The molecular formula is C29H15ClN4O10S2. The van der Waals surface area contributed by atoms with Crippen LogP contribution in [0.15, 0.2) is 77.5 Å². The Morgan fingerprint density at radius 3 is 1.35 bits per heavy atom. The van der Waals surface area contributed by atoms with Crippen LogP contribution in [0.5, 0.6) is 0 Å². The molecule has 0 aliphatic heterocycles. The molecular weight excluding hydrogens is 664 g/mol. The van der Waals surface area contributed by atoms with Crippen molar-refractivity contribution in [1.29, 1.82) is 0 Å². The second-order valence-electron chi connectivity index (χ2n) is 10.2. The average Bonchev–Trinajstić information content (AvgIpc) is 3.05. The molecule has 0 bridgehead atoms. The summed E-state index contributed by atoms with van der Waals surface area (Å²) in [6, 6.07) is 11.2. The zero-order valence-electron chi connectivity index (χ0n) is 22.9. The van der Waals surface area contributed by atoms with E-state index in [2.05, 4.69) is 18.5 Å².